The first-order valence-electron chi connectivity index (χ1n) is 8.00. The van der Waals surface area contributed by atoms with Crippen molar-refractivity contribution in [1.29, 1.82) is 0 Å². The molecule has 1 amide bonds. The molecule has 3 nitrogen and oxygen atoms in total. The molecule has 0 spiro atoms. The van der Waals surface area contributed by atoms with Gasteiger partial charge < -0.3 is 10.6 Å². The molecular weight excluding hydrogens is 303 g/mol. The van der Waals surface area contributed by atoms with Gasteiger partial charge in [-0.05, 0) is 55.8 Å². The second kappa shape index (κ2) is 7.93. The van der Waals surface area contributed by atoms with Gasteiger partial charge in [-0.2, -0.15) is 0 Å². The zero-order valence-electron chi connectivity index (χ0n) is 12.7. The van der Waals surface area contributed by atoms with Crippen LogP contribution in [0.5, 0.6) is 0 Å². The summed E-state index contributed by atoms with van der Waals surface area (Å²) in [6, 6.07) is 6.61. The number of amides is 1. The summed E-state index contributed by atoms with van der Waals surface area (Å²) < 4.78 is 13.1. The molecule has 1 aromatic carbocycles. The highest BCUT2D eigenvalue weighted by atomic mass is 35.5. The van der Waals surface area contributed by atoms with Crippen molar-refractivity contribution in [2.75, 3.05) is 13.1 Å². The largest absolute Gasteiger partial charge is 0.349 e. The Kier molecular flexibility index (Phi) is 6.21. The van der Waals surface area contributed by atoms with Gasteiger partial charge in [0.2, 0.25) is 5.91 Å². The number of nitrogens with one attached hydrogen (secondary N) is 2. The van der Waals surface area contributed by atoms with Gasteiger partial charge >= 0.3 is 0 Å². The normalized spacial score (nSPS) is 23.0. The summed E-state index contributed by atoms with van der Waals surface area (Å²) in [7, 11) is 0. The van der Waals surface area contributed by atoms with Gasteiger partial charge in [-0.25, -0.2) is 4.39 Å². The lowest BCUT2D eigenvalue weighted by molar-refractivity contribution is -0.126. The van der Waals surface area contributed by atoms with E-state index in [1.807, 2.05) is 0 Å². The molecule has 1 aliphatic heterocycles. The Labute approximate surface area is 137 Å². The lowest BCUT2D eigenvalue weighted by Gasteiger charge is -2.36. The molecule has 1 heterocycles. The van der Waals surface area contributed by atoms with Crippen LogP contribution in [0.15, 0.2) is 24.3 Å². The fraction of sp³-hybridized carbons (Fsp3) is 0.588. The fourth-order valence-electron chi connectivity index (χ4n) is 3.26. The number of piperidine rings is 1. The summed E-state index contributed by atoms with van der Waals surface area (Å²) >= 11 is 0. The minimum absolute atomic E-state index is 0. The first-order valence-corrected chi connectivity index (χ1v) is 8.00. The minimum Gasteiger partial charge on any atom is -0.349 e. The summed E-state index contributed by atoms with van der Waals surface area (Å²) in [5, 5.41) is 6.51. The molecule has 5 heteroatoms. The zero-order chi connectivity index (χ0) is 14.7. The molecule has 0 bridgehead atoms. The number of hydrogen-bond donors (Lipinski definition) is 2. The fourth-order valence-corrected chi connectivity index (χ4v) is 3.26. The van der Waals surface area contributed by atoms with Gasteiger partial charge in [0.15, 0.2) is 0 Å². The van der Waals surface area contributed by atoms with Gasteiger partial charge in [0.25, 0.3) is 0 Å². The van der Waals surface area contributed by atoms with Crippen LogP contribution in [-0.2, 0) is 4.79 Å². The van der Waals surface area contributed by atoms with Crippen molar-refractivity contribution in [3.63, 3.8) is 0 Å². The Balaban J connectivity index is 0.00000176. The van der Waals surface area contributed by atoms with Crippen LogP contribution in [0.1, 0.15) is 43.7 Å². The topological polar surface area (TPSA) is 41.1 Å². The maximum Gasteiger partial charge on any atom is 0.224 e. The third-order valence-corrected chi connectivity index (χ3v) is 4.82. The molecule has 1 saturated heterocycles. The quantitative estimate of drug-likeness (QED) is 0.892. The monoisotopic (exact) mass is 326 g/mol. The zero-order valence-corrected chi connectivity index (χ0v) is 13.5. The van der Waals surface area contributed by atoms with Gasteiger partial charge in [-0.3, -0.25) is 4.79 Å². The summed E-state index contributed by atoms with van der Waals surface area (Å²) in [6.07, 6.45) is 5.53. The predicted octanol–water partition coefficient (Wildman–Crippen LogP) is 3.20. The van der Waals surface area contributed by atoms with E-state index >= 15 is 0 Å². The first-order chi connectivity index (χ1) is 10.2. The molecular formula is C17H24ClFN2O. The summed E-state index contributed by atoms with van der Waals surface area (Å²) in [5.41, 5.74) is 1.03. The van der Waals surface area contributed by atoms with Crippen molar-refractivity contribution in [3.05, 3.63) is 35.6 Å². The Hall–Kier alpha value is -1.13. The van der Waals surface area contributed by atoms with Crippen molar-refractivity contribution >= 4 is 18.3 Å². The molecule has 3 rings (SSSR count). The van der Waals surface area contributed by atoms with Crippen molar-refractivity contribution < 1.29 is 9.18 Å². The third kappa shape index (κ3) is 3.99. The molecule has 0 aromatic heterocycles. The molecule has 2 atom stereocenters. The number of benzene rings is 1. The lowest BCUT2D eigenvalue weighted by atomic mass is 9.77. The average molecular weight is 327 g/mol. The van der Waals surface area contributed by atoms with E-state index in [-0.39, 0.29) is 36.1 Å². The molecule has 1 saturated carbocycles. The van der Waals surface area contributed by atoms with Crippen molar-refractivity contribution in [3.8, 4) is 0 Å². The maximum absolute atomic E-state index is 13.1. The van der Waals surface area contributed by atoms with Crippen molar-refractivity contribution in [2.24, 2.45) is 11.8 Å². The van der Waals surface area contributed by atoms with E-state index < -0.39 is 0 Å². The van der Waals surface area contributed by atoms with Crippen LogP contribution in [0.3, 0.4) is 0 Å². The van der Waals surface area contributed by atoms with E-state index in [1.165, 1.54) is 18.6 Å². The molecule has 22 heavy (non-hydrogen) atoms. The van der Waals surface area contributed by atoms with Crippen LogP contribution in [0.25, 0.3) is 0 Å². The summed E-state index contributed by atoms with van der Waals surface area (Å²) in [5.74, 6) is 0.482. The molecule has 2 unspecified atom stereocenters. The summed E-state index contributed by atoms with van der Waals surface area (Å²) in [6.45, 7) is 1.78. The third-order valence-electron chi connectivity index (χ3n) is 4.82. The molecule has 1 aromatic rings. The summed E-state index contributed by atoms with van der Waals surface area (Å²) in [4.78, 5) is 12.5. The molecule has 2 N–H and O–H groups in total. The van der Waals surface area contributed by atoms with Crippen LogP contribution < -0.4 is 10.6 Å². The van der Waals surface area contributed by atoms with E-state index in [0.717, 1.165) is 44.3 Å². The second-order valence-electron chi connectivity index (χ2n) is 6.27. The standard InChI is InChI=1S/C17H23FN2O.ClH/c18-15-8-6-13(7-9-15)16(12-3-1-4-12)20-17(21)14-5-2-10-19-11-14;/h6-9,12,14,16,19H,1-5,10-11H2,(H,20,21);1H. The number of carbonyl (C=O) groups excluding carboxylic acids is 1. The lowest BCUT2D eigenvalue weighted by Crippen LogP contribution is -2.44. The Bertz CT molecular complexity index is 484. The van der Waals surface area contributed by atoms with E-state index in [2.05, 4.69) is 10.6 Å². The predicted molar refractivity (Wildman–Crippen MR) is 87.5 cm³/mol. The number of halogens is 2. The van der Waals surface area contributed by atoms with Crippen LogP contribution in [-0.4, -0.2) is 19.0 Å². The highest BCUT2D eigenvalue weighted by molar-refractivity contribution is 5.85. The highest BCUT2D eigenvalue weighted by Crippen LogP contribution is 2.38. The van der Waals surface area contributed by atoms with Gasteiger partial charge in [0.1, 0.15) is 5.82 Å². The number of rotatable bonds is 4. The molecule has 2 aliphatic rings. The minimum atomic E-state index is -0.228. The van der Waals surface area contributed by atoms with E-state index in [4.69, 9.17) is 0 Å². The van der Waals surface area contributed by atoms with Gasteiger partial charge in [-0.1, -0.05) is 18.6 Å². The SMILES string of the molecule is Cl.O=C(NC(c1ccc(F)cc1)C1CCC1)C1CCCNC1. The van der Waals surface area contributed by atoms with Crippen molar-refractivity contribution in [2.45, 2.75) is 38.1 Å². The average Bonchev–Trinajstić information content (AvgIpc) is 2.46. The highest BCUT2D eigenvalue weighted by Gasteiger charge is 2.31. The van der Waals surface area contributed by atoms with Gasteiger partial charge in [0, 0.05) is 6.54 Å². The van der Waals surface area contributed by atoms with Gasteiger partial charge in [0.05, 0.1) is 12.0 Å². The maximum atomic E-state index is 13.1. The smallest absolute Gasteiger partial charge is 0.224 e. The number of hydrogen-bond acceptors (Lipinski definition) is 2. The Morgan fingerprint density at radius 2 is 1.91 bits per heavy atom. The Morgan fingerprint density at radius 1 is 1.18 bits per heavy atom. The first kappa shape index (κ1) is 17.2. The Morgan fingerprint density at radius 3 is 2.45 bits per heavy atom. The van der Waals surface area contributed by atoms with Crippen LogP contribution in [0.4, 0.5) is 4.39 Å². The molecule has 2 fully saturated rings. The van der Waals surface area contributed by atoms with Gasteiger partial charge in [-0.15, -0.1) is 12.4 Å². The molecule has 1 aliphatic carbocycles. The molecule has 122 valence electrons. The number of carbonyl (C=O) groups is 1. The van der Waals surface area contributed by atoms with Crippen LogP contribution in [0.2, 0.25) is 0 Å². The second-order valence-corrected chi connectivity index (χ2v) is 6.27. The van der Waals surface area contributed by atoms with Crippen LogP contribution in [0, 0.1) is 17.7 Å². The van der Waals surface area contributed by atoms with Crippen LogP contribution >= 0.6 is 12.4 Å². The van der Waals surface area contributed by atoms with Crippen molar-refractivity contribution in [1.82, 2.24) is 10.6 Å². The molecule has 0 radical (unpaired) electrons. The van der Waals surface area contributed by atoms with E-state index in [0.29, 0.717) is 5.92 Å². The van der Waals surface area contributed by atoms with E-state index in [1.54, 1.807) is 12.1 Å². The van der Waals surface area contributed by atoms with E-state index in [9.17, 15) is 9.18 Å².